The fourth-order valence-electron chi connectivity index (χ4n) is 1.29. The molecular weight excluding hydrogens is 241 g/mol. The number of carbonyl (C=O) groups is 1. The Balaban J connectivity index is 2.21. The number of benzene rings is 1. The van der Waals surface area contributed by atoms with Crippen molar-refractivity contribution in [3.05, 3.63) is 40.1 Å². The number of aromatic nitrogens is 1. The molecule has 3 N–H and O–H groups in total. The van der Waals surface area contributed by atoms with E-state index < -0.39 is 5.82 Å². The maximum absolute atomic E-state index is 13.4. The average molecular weight is 251 g/mol. The number of nitrogens with two attached hydrogens (primary N) is 1. The molecule has 0 fully saturated rings. The Labute approximate surface area is 101 Å². The molecule has 2 aromatic rings. The van der Waals surface area contributed by atoms with E-state index in [2.05, 4.69) is 10.3 Å². The maximum atomic E-state index is 13.4. The minimum atomic E-state index is -0.520. The van der Waals surface area contributed by atoms with Crippen LogP contribution in [0.15, 0.2) is 24.4 Å². The highest BCUT2D eigenvalue weighted by Gasteiger charge is 2.11. The van der Waals surface area contributed by atoms with Crippen LogP contribution in [0.25, 0.3) is 0 Å². The first kappa shape index (κ1) is 11.5. The Bertz CT molecular complexity index is 568. The molecule has 0 saturated carbocycles. The zero-order valence-electron chi connectivity index (χ0n) is 9.03. The molecule has 0 aliphatic carbocycles. The summed E-state index contributed by atoms with van der Waals surface area (Å²) in [5.74, 6) is -0.908. The van der Waals surface area contributed by atoms with Gasteiger partial charge in [0, 0.05) is 5.69 Å². The van der Waals surface area contributed by atoms with Gasteiger partial charge >= 0.3 is 0 Å². The molecule has 6 heteroatoms. The summed E-state index contributed by atoms with van der Waals surface area (Å²) < 4.78 is 13.4. The second-order valence-corrected chi connectivity index (χ2v) is 4.67. The average Bonchev–Trinajstić information content (AvgIpc) is 2.70. The van der Waals surface area contributed by atoms with Gasteiger partial charge in [0.1, 0.15) is 10.7 Å². The molecule has 0 unspecified atom stereocenters. The summed E-state index contributed by atoms with van der Waals surface area (Å²) in [4.78, 5) is 16.1. The third-order valence-electron chi connectivity index (χ3n) is 2.08. The third-order valence-corrected chi connectivity index (χ3v) is 3.00. The van der Waals surface area contributed by atoms with Gasteiger partial charge in [-0.25, -0.2) is 9.37 Å². The number of aryl methyl sites for hydroxylation is 1. The lowest BCUT2D eigenvalue weighted by Gasteiger charge is -2.05. The monoisotopic (exact) mass is 251 g/mol. The van der Waals surface area contributed by atoms with Crippen molar-refractivity contribution in [2.24, 2.45) is 0 Å². The normalized spacial score (nSPS) is 10.2. The lowest BCUT2D eigenvalue weighted by molar-refractivity contribution is 0.103. The molecule has 0 aliphatic heterocycles. The molecule has 0 spiro atoms. The standard InChI is InChI=1S/C11H10FN3OS/c1-6-14-5-10(17-6)11(16)15-9-4-7(13)2-3-8(9)12/h2-5H,13H2,1H3,(H,15,16). The Morgan fingerprint density at radius 3 is 2.94 bits per heavy atom. The molecule has 17 heavy (non-hydrogen) atoms. The minimum absolute atomic E-state index is 0.0704. The van der Waals surface area contributed by atoms with Crippen LogP contribution in [0, 0.1) is 12.7 Å². The first-order valence-corrected chi connectivity index (χ1v) is 5.67. The van der Waals surface area contributed by atoms with E-state index in [1.54, 1.807) is 6.92 Å². The molecule has 88 valence electrons. The van der Waals surface area contributed by atoms with Gasteiger partial charge in [-0.15, -0.1) is 11.3 Å². The maximum Gasteiger partial charge on any atom is 0.267 e. The smallest absolute Gasteiger partial charge is 0.267 e. The molecule has 4 nitrogen and oxygen atoms in total. The van der Waals surface area contributed by atoms with E-state index in [4.69, 9.17) is 5.73 Å². The number of rotatable bonds is 2. The van der Waals surface area contributed by atoms with Gasteiger partial charge in [-0.05, 0) is 25.1 Å². The molecule has 0 atom stereocenters. The van der Waals surface area contributed by atoms with Crippen molar-refractivity contribution in [2.45, 2.75) is 6.92 Å². The largest absolute Gasteiger partial charge is 0.399 e. The van der Waals surface area contributed by atoms with Gasteiger partial charge in [0.05, 0.1) is 16.9 Å². The topological polar surface area (TPSA) is 68.0 Å². The Kier molecular flexibility index (Phi) is 3.06. The van der Waals surface area contributed by atoms with E-state index in [0.29, 0.717) is 10.6 Å². The molecule has 1 heterocycles. The highest BCUT2D eigenvalue weighted by Crippen LogP contribution is 2.19. The Hall–Kier alpha value is -1.95. The van der Waals surface area contributed by atoms with Crippen molar-refractivity contribution in [1.29, 1.82) is 0 Å². The lowest BCUT2D eigenvalue weighted by atomic mass is 10.2. The number of hydrogen-bond donors (Lipinski definition) is 2. The van der Waals surface area contributed by atoms with Crippen molar-refractivity contribution in [2.75, 3.05) is 11.1 Å². The molecule has 1 amide bonds. The van der Waals surface area contributed by atoms with E-state index in [1.165, 1.54) is 35.7 Å². The first-order valence-electron chi connectivity index (χ1n) is 4.85. The lowest BCUT2D eigenvalue weighted by Crippen LogP contribution is -2.11. The van der Waals surface area contributed by atoms with Gasteiger partial charge in [-0.3, -0.25) is 4.79 Å². The second kappa shape index (κ2) is 4.50. The summed E-state index contributed by atoms with van der Waals surface area (Å²) >= 11 is 1.25. The number of thiazole rings is 1. The Morgan fingerprint density at radius 2 is 2.29 bits per heavy atom. The summed E-state index contributed by atoms with van der Waals surface area (Å²) in [6, 6.07) is 4.02. The van der Waals surface area contributed by atoms with Crippen molar-refractivity contribution in [3.63, 3.8) is 0 Å². The molecule has 0 aliphatic rings. The van der Waals surface area contributed by atoms with Crippen molar-refractivity contribution in [3.8, 4) is 0 Å². The summed E-state index contributed by atoms with van der Waals surface area (Å²) in [7, 11) is 0. The van der Waals surface area contributed by atoms with Gasteiger partial charge < -0.3 is 11.1 Å². The van der Waals surface area contributed by atoms with Crippen LogP contribution in [0.1, 0.15) is 14.7 Å². The number of nitrogens with one attached hydrogen (secondary N) is 1. The summed E-state index contributed by atoms with van der Waals surface area (Å²) in [6.07, 6.45) is 1.46. The Morgan fingerprint density at radius 1 is 1.53 bits per heavy atom. The number of halogens is 1. The van der Waals surface area contributed by atoms with Crippen LogP contribution in [0.3, 0.4) is 0 Å². The van der Waals surface area contributed by atoms with Crippen LogP contribution in [0.2, 0.25) is 0 Å². The van der Waals surface area contributed by atoms with Gasteiger partial charge in [0.2, 0.25) is 0 Å². The predicted octanol–water partition coefficient (Wildman–Crippen LogP) is 2.43. The number of hydrogen-bond acceptors (Lipinski definition) is 4. The number of amides is 1. The molecule has 1 aromatic carbocycles. The SMILES string of the molecule is Cc1ncc(C(=O)Nc2cc(N)ccc2F)s1. The molecule has 0 bridgehead atoms. The number of nitrogen functional groups attached to an aromatic ring is 1. The van der Waals surface area contributed by atoms with E-state index >= 15 is 0 Å². The predicted molar refractivity (Wildman–Crippen MR) is 65.6 cm³/mol. The highest BCUT2D eigenvalue weighted by atomic mass is 32.1. The van der Waals surface area contributed by atoms with Gasteiger partial charge in [0.15, 0.2) is 0 Å². The molecule has 0 saturated heterocycles. The molecular formula is C11H10FN3OS. The number of anilines is 2. The minimum Gasteiger partial charge on any atom is -0.399 e. The van der Waals surface area contributed by atoms with Crippen molar-refractivity contribution in [1.82, 2.24) is 4.98 Å². The summed E-state index contributed by atoms with van der Waals surface area (Å²) in [5.41, 5.74) is 5.98. The van der Waals surface area contributed by atoms with Crippen LogP contribution in [0.5, 0.6) is 0 Å². The third kappa shape index (κ3) is 2.59. The molecule has 0 radical (unpaired) electrons. The van der Waals surface area contributed by atoms with E-state index in [-0.39, 0.29) is 11.6 Å². The number of nitrogens with zero attached hydrogens (tertiary/aromatic N) is 1. The zero-order valence-corrected chi connectivity index (χ0v) is 9.84. The van der Waals surface area contributed by atoms with E-state index in [1.807, 2.05) is 0 Å². The van der Waals surface area contributed by atoms with Crippen LogP contribution in [-0.4, -0.2) is 10.9 Å². The van der Waals surface area contributed by atoms with Crippen LogP contribution >= 0.6 is 11.3 Å². The first-order chi connectivity index (χ1) is 8.06. The van der Waals surface area contributed by atoms with E-state index in [0.717, 1.165) is 5.01 Å². The van der Waals surface area contributed by atoms with Crippen LogP contribution in [0.4, 0.5) is 15.8 Å². The fraction of sp³-hybridized carbons (Fsp3) is 0.0909. The summed E-state index contributed by atoms with van der Waals surface area (Å²) in [6.45, 7) is 1.79. The van der Waals surface area contributed by atoms with Crippen molar-refractivity contribution >= 4 is 28.6 Å². The number of carbonyl (C=O) groups excluding carboxylic acids is 1. The fourth-order valence-corrected chi connectivity index (χ4v) is 1.96. The summed E-state index contributed by atoms with van der Waals surface area (Å²) in [5, 5.41) is 3.24. The quantitative estimate of drug-likeness (QED) is 0.805. The zero-order chi connectivity index (χ0) is 12.4. The van der Waals surface area contributed by atoms with E-state index in [9.17, 15) is 9.18 Å². The van der Waals surface area contributed by atoms with Crippen molar-refractivity contribution < 1.29 is 9.18 Å². The van der Waals surface area contributed by atoms with Crippen LogP contribution in [-0.2, 0) is 0 Å². The van der Waals surface area contributed by atoms with Gasteiger partial charge in [-0.1, -0.05) is 0 Å². The highest BCUT2D eigenvalue weighted by molar-refractivity contribution is 7.13. The van der Waals surface area contributed by atoms with Gasteiger partial charge in [-0.2, -0.15) is 0 Å². The van der Waals surface area contributed by atoms with Gasteiger partial charge in [0.25, 0.3) is 5.91 Å². The molecule has 2 rings (SSSR count). The van der Waals surface area contributed by atoms with Crippen LogP contribution < -0.4 is 11.1 Å². The molecule has 1 aromatic heterocycles. The second-order valence-electron chi connectivity index (χ2n) is 3.44.